The van der Waals surface area contributed by atoms with Gasteiger partial charge in [-0.25, -0.2) is 0 Å². The van der Waals surface area contributed by atoms with Crippen molar-refractivity contribution < 1.29 is 9.53 Å². The summed E-state index contributed by atoms with van der Waals surface area (Å²) in [5.41, 5.74) is 1.55. The first-order valence-electron chi connectivity index (χ1n) is 8.24. The highest BCUT2D eigenvalue weighted by Gasteiger charge is 2.38. The second kappa shape index (κ2) is 7.19. The Morgan fingerprint density at radius 1 is 1.40 bits per heavy atom. The molecule has 25 heavy (non-hydrogen) atoms. The number of halogens is 1. The summed E-state index contributed by atoms with van der Waals surface area (Å²) < 4.78 is 9.53. The van der Waals surface area contributed by atoms with E-state index in [9.17, 15) is 4.79 Å². The van der Waals surface area contributed by atoms with Crippen molar-refractivity contribution in [2.75, 3.05) is 33.8 Å². The number of nitrogens with zero attached hydrogens (tertiary/aromatic N) is 5. The summed E-state index contributed by atoms with van der Waals surface area (Å²) in [6.07, 6.45) is 5.37. The van der Waals surface area contributed by atoms with E-state index in [-0.39, 0.29) is 18.1 Å². The summed E-state index contributed by atoms with van der Waals surface area (Å²) in [5.74, 6) is -0.0460. The van der Waals surface area contributed by atoms with E-state index in [2.05, 4.69) is 10.00 Å². The van der Waals surface area contributed by atoms with Gasteiger partial charge in [-0.05, 0) is 20.2 Å². The second-order valence-corrected chi connectivity index (χ2v) is 7.15. The molecule has 0 saturated carbocycles. The van der Waals surface area contributed by atoms with Crippen LogP contribution in [0.5, 0.6) is 0 Å². The maximum absolute atomic E-state index is 13.2. The minimum atomic E-state index is -0.189. The van der Waals surface area contributed by atoms with Gasteiger partial charge in [0.2, 0.25) is 0 Å². The standard InChI is InChI=1S/C17H24ClN5O2/c1-20(2)11-15-16(12-8-19-22(4)9-12)23(5-6-25-15)17(24)14-7-13(18)10-21(14)3/h7-10,15-16H,5-6,11H2,1-4H3/t15-,16-/m0/s1. The molecule has 7 nitrogen and oxygen atoms in total. The minimum Gasteiger partial charge on any atom is -0.373 e. The zero-order valence-corrected chi connectivity index (χ0v) is 15.8. The highest BCUT2D eigenvalue weighted by Crippen LogP contribution is 2.31. The van der Waals surface area contributed by atoms with Crippen LogP contribution in [0.25, 0.3) is 0 Å². The van der Waals surface area contributed by atoms with Crippen molar-refractivity contribution in [3.63, 3.8) is 0 Å². The summed E-state index contributed by atoms with van der Waals surface area (Å²) in [6, 6.07) is 1.52. The molecule has 1 fully saturated rings. The summed E-state index contributed by atoms with van der Waals surface area (Å²) in [4.78, 5) is 17.2. The maximum atomic E-state index is 13.2. The topological polar surface area (TPSA) is 55.5 Å². The van der Waals surface area contributed by atoms with E-state index in [1.165, 1.54) is 0 Å². The Labute approximate surface area is 152 Å². The van der Waals surface area contributed by atoms with Gasteiger partial charge in [-0.2, -0.15) is 5.10 Å². The average molecular weight is 366 g/mol. The van der Waals surface area contributed by atoms with Crippen molar-refractivity contribution in [1.29, 1.82) is 0 Å². The number of hydrogen-bond acceptors (Lipinski definition) is 4. The lowest BCUT2D eigenvalue weighted by Gasteiger charge is -2.41. The van der Waals surface area contributed by atoms with Crippen LogP contribution in [0.3, 0.4) is 0 Å². The van der Waals surface area contributed by atoms with Gasteiger partial charge in [-0.1, -0.05) is 11.6 Å². The van der Waals surface area contributed by atoms with E-state index in [4.69, 9.17) is 16.3 Å². The predicted molar refractivity (Wildman–Crippen MR) is 95.7 cm³/mol. The Kier molecular flexibility index (Phi) is 5.17. The zero-order chi connectivity index (χ0) is 18.1. The van der Waals surface area contributed by atoms with E-state index in [1.54, 1.807) is 27.7 Å². The third-order valence-electron chi connectivity index (χ3n) is 4.42. The van der Waals surface area contributed by atoms with Gasteiger partial charge >= 0.3 is 0 Å². The number of ether oxygens (including phenoxy) is 1. The molecule has 0 spiro atoms. The molecule has 8 heteroatoms. The van der Waals surface area contributed by atoms with Crippen molar-refractivity contribution in [2.45, 2.75) is 12.1 Å². The number of likely N-dealkylation sites (N-methyl/N-ethyl adjacent to an activating group) is 1. The number of aromatic nitrogens is 3. The van der Waals surface area contributed by atoms with E-state index in [0.29, 0.717) is 23.9 Å². The molecule has 1 aliphatic heterocycles. The van der Waals surface area contributed by atoms with Crippen LogP contribution in [0.4, 0.5) is 0 Å². The number of morpholine rings is 1. The third-order valence-corrected chi connectivity index (χ3v) is 4.62. The van der Waals surface area contributed by atoms with E-state index in [1.807, 2.05) is 39.3 Å². The number of hydrogen-bond donors (Lipinski definition) is 0. The predicted octanol–water partition coefficient (Wildman–Crippen LogP) is 1.56. The van der Waals surface area contributed by atoms with Crippen molar-refractivity contribution in [3.05, 3.63) is 40.9 Å². The number of carbonyl (C=O) groups excluding carboxylic acids is 1. The van der Waals surface area contributed by atoms with Gasteiger partial charge in [-0.15, -0.1) is 0 Å². The molecule has 0 bridgehead atoms. The van der Waals surface area contributed by atoms with Crippen LogP contribution in [0.2, 0.25) is 5.02 Å². The van der Waals surface area contributed by atoms with Gasteiger partial charge < -0.3 is 19.1 Å². The lowest BCUT2D eigenvalue weighted by Crippen LogP contribution is -2.51. The molecule has 1 saturated heterocycles. The Morgan fingerprint density at radius 3 is 2.72 bits per heavy atom. The number of amides is 1. The molecule has 2 aromatic heterocycles. The van der Waals surface area contributed by atoms with Crippen LogP contribution in [-0.4, -0.2) is 70.0 Å². The molecular weight excluding hydrogens is 342 g/mol. The van der Waals surface area contributed by atoms with Gasteiger partial charge in [0.25, 0.3) is 5.91 Å². The lowest BCUT2D eigenvalue weighted by atomic mass is 10.00. The monoisotopic (exact) mass is 365 g/mol. The van der Waals surface area contributed by atoms with Crippen molar-refractivity contribution in [3.8, 4) is 0 Å². The van der Waals surface area contributed by atoms with Crippen LogP contribution in [-0.2, 0) is 18.8 Å². The lowest BCUT2D eigenvalue weighted by molar-refractivity contribution is -0.0687. The molecule has 0 radical (unpaired) electrons. The Hall–Kier alpha value is -1.83. The van der Waals surface area contributed by atoms with Gasteiger partial charge in [0.15, 0.2) is 0 Å². The first-order valence-corrected chi connectivity index (χ1v) is 8.62. The molecule has 0 N–H and O–H groups in total. The Morgan fingerprint density at radius 2 is 2.16 bits per heavy atom. The molecule has 1 amide bonds. The van der Waals surface area contributed by atoms with Gasteiger partial charge in [0.05, 0.1) is 30.0 Å². The normalized spacial score (nSPS) is 21.1. The summed E-state index contributed by atoms with van der Waals surface area (Å²) in [6.45, 7) is 1.77. The highest BCUT2D eigenvalue weighted by molar-refractivity contribution is 6.31. The second-order valence-electron chi connectivity index (χ2n) is 6.72. The van der Waals surface area contributed by atoms with Crippen LogP contribution >= 0.6 is 11.6 Å². The smallest absolute Gasteiger partial charge is 0.271 e. The van der Waals surface area contributed by atoms with Gasteiger partial charge in [0, 0.05) is 45.1 Å². The number of aryl methyl sites for hydroxylation is 2. The molecular formula is C17H24ClN5O2. The molecule has 0 aromatic carbocycles. The SMILES string of the molecule is CN(C)C[C@@H]1OCCN(C(=O)c2cc(Cl)cn2C)[C@H]1c1cnn(C)c1. The molecule has 0 aliphatic carbocycles. The highest BCUT2D eigenvalue weighted by atomic mass is 35.5. The first kappa shape index (κ1) is 18.0. The fourth-order valence-corrected chi connectivity index (χ4v) is 3.59. The van der Waals surface area contributed by atoms with Crippen molar-refractivity contribution in [2.24, 2.45) is 14.1 Å². The quantitative estimate of drug-likeness (QED) is 0.825. The summed E-state index contributed by atoms with van der Waals surface area (Å²) in [5, 5.41) is 4.83. The minimum absolute atomic E-state index is 0.0460. The van der Waals surface area contributed by atoms with Crippen LogP contribution in [0.15, 0.2) is 24.7 Å². The molecule has 2 aromatic rings. The van der Waals surface area contributed by atoms with E-state index in [0.717, 1.165) is 12.1 Å². The zero-order valence-electron chi connectivity index (χ0n) is 15.0. The van der Waals surface area contributed by atoms with Gasteiger partial charge in [0.1, 0.15) is 5.69 Å². The Bertz CT molecular complexity index is 754. The van der Waals surface area contributed by atoms with Crippen LogP contribution in [0.1, 0.15) is 22.1 Å². The van der Waals surface area contributed by atoms with E-state index >= 15 is 0 Å². The fourth-order valence-electron chi connectivity index (χ4n) is 3.35. The number of rotatable bonds is 4. The van der Waals surface area contributed by atoms with Gasteiger partial charge in [-0.3, -0.25) is 9.48 Å². The van der Waals surface area contributed by atoms with Crippen molar-refractivity contribution in [1.82, 2.24) is 24.1 Å². The summed E-state index contributed by atoms with van der Waals surface area (Å²) in [7, 11) is 7.70. The molecule has 136 valence electrons. The van der Waals surface area contributed by atoms with Crippen molar-refractivity contribution >= 4 is 17.5 Å². The van der Waals surface area contributed by atoms with Crippen LogP contribution < -0.4 is 0 Å². The molecule has 1 aliphatic rings. The molecule has 2 atom stereocenters. The first-order chi connectivity index (χ1) is 11.9. The molecule has 3 rings (SSSR count). The largest absolute Gasteiger partial charge is 0.373 e. The fraction of sp³-hybridized carbons (Fsp3) is 0.529. The maximum Gasteiger partial charge on any atom is 0.271 e. The molecule has 0 unspecified atom stereocenters. The van der Waals surface area contributed by atoms with Crippen LogP contribution in [0, 0.1) is 0 Å². The average Bonchev–Trinajstić information content (AvgIpc) is 3.11. The summed E-state index contributed by atoms with van der Waals surface area (Å²) >= 11 is 6.07. The Balaban J connectivity index is 1.96. The third kappa shape index (κ3) is 3.73. The number of carbonyl (C=O) groups is 1. The van der Waals surface area contributed by atoms with E-state index < -0.39 is 0 Å². The molecule has 3 heterocycles.